The van der Waals surface area contributed by atoms with Crippen molar-refractivity contribution < 1.29 is 9.47 Å². The maximum absolute atomic E-state index is 13.3. The first-order valence-corrected chi connectivity index (χ1v) is 11.6. The van der Waals surface area contributed by atoms with Gasteiger partial charge in [-0.15, -0.1) is 5.10 Å². The van der Waals surface area contributed by atoms with Crippen molar-refractivity contribution in [2.45, 2.75) is 57.2 Å². The van der Waals surface area contributed by atoms with Crippen molar-refractivity contribution in [3.8, 4) is 5.75 Å². The predicted octanol–water partition coefficient (Wildman–Crippen LogP) is 2.67. The molecule has 1 N–H and O–H groups in total. The van der Waals surface area contributed by atoms with Crippen LogP contribution < -0.4 is 10.3 Å². The highest BCUT2D eigenvalue weighted by molar-refractivity contribution is 5.80. The van der Waals surface area contributed by atoms with Gasteiger partial charge in [-0.25, -0.2) is 4.68 Å². The number of pyridine rings is 1. The number of hydrogen-bond donors (Lipinski definition) is 1. The second kappa shape index (κ2) is 9.38. The van der Waals surface area contributed by atoms with E-state index in [0.717, 1.165) is 56.3 Å². The van der Waals surface area contributed by atoms with Gasteiger partial charge in [0.1, 0.15) is 11.8 Å². The Morgan fingerprint density at radius 1 is 1.19 bits per heavy atom. The van der Waals surface area contributed by atoms with Gasteiger partial charge in [0.05, 0.1) is 25.3 Å². The molecular formula is C23H30N6O3. The molecule has 9 nitrogen and oxygen atoms in total. The molecule has 0 saturated carbocycles. The lowest BCUT2D eigenvalue weighted by atomic mass is 10.0. The zero-order chi connectivity index (χ0) is 21.9. The summed E-state index contributed by atoms with van der Waals surface area (Å²) in [5.41, 5.74) is 1.31. The third-order valence-electron chi connectivity index (χ3n) is 6.59. The van der Waals surface area contributed by atoms with E-state index in [2.05, 4.69) is 25.4 Å². The van der Waals surface area contributed by atoms with Crippen LogP contribution in [0.4, 0.5) is 0 Å². The van der Waals surface area contributed by atoms with Gasteiger partial charge in [-0.05, 0) is 72.8 Å². The highest BCUT2D eigenvalue weighted by atomic mass is 16.5. The molecule has 1 aromatic carbocycles. The van der Waals surface area contributed by atoms with Gasteiger partial charge in [-0.1, -0.05) is 12.8 Å². The van der Waals surface area contributed by atoms with Crippen LogP contribution in [0, 0.1) is 0 Å². The quantitative estimate of drug-likeness (QED) is 0.632. The fraction of sp³-hybridized carbons (Fsp3) is 0.565. The van der Waals surface area contributed by atoms with E-state index in [-0.39, 0.29) is 17.7 Å². The molecule has 0 amide bonds. The Balaban J connectivity index is 1.59. The number of methoxy groups -OCH3 is 1. The lowest BCUT2D eigenvalue weighted by Crippen LogP contribution is -2.36. The molecule has 2 aromatic heterocycles. The molecule has 32 heavy (non-hydrogen) atoms. The van der Waals surface area contributed by atoms with Crippen molar-refractivity contribution in [1.29, 1.82) is 0 Å². The molecule has 4 heterocycles. The normalized spacial score (nSPS) is 21.0. The van der Waals surface area contributed by atoms with Crippen LogP contribution in [0.2, 0.25) is 0 Å². The number of likely N-dealkylation sites (tertiary alicyclic amines) is 1. The molecule has 2 aliphatic heterocycles. The molecule has 2 aliphatic rings. The van der Waals surface area contributed by atoms with Crippen LogP contribution in [0.1, 0.15) is 56.0 Å². The topological polar surface area (TPSA) is 98.2 Å². The lowest BCUT2D eigenvalue weighted by molar-refractivity contribution is 0.0909. The highest BCUT2D eigenvalue weighted by Gasteiger charge is 2.31. The number of tetrazole rings is 1. The third kappa shape index (κ3) is 4.27. The second-order valence-electron chi connectivity index (χ2n) is 8.71. The molecule has 0 bridgehead atoms. The molecule has 0 aliphatic carbocycles. The van der Waals surface area contributed by atoms with E-state index in [0.29, 0.717) is 23.7 Å². The first-order valence-electron chi connectivity index (χ1n) is 11.6. The van der Waals surface area contributed by atoms with E-state index in [9.17, 15) is 4.79 Å². The number of aromatic nitrogens is 5. The van der Waals surface area contributed by atoms with Crippen molar-refractivity contribution in [3.63, 3.8) is 0 Å². The van der Waals surface area contributed by atoms with Crippen molar-refractivity contribution in [2.24, 2.45) is 0 Å². The zero-order valence-corrected chi connectivity index (χ0v) is 18.5. The number of ether oxygens (including phenoxy) is 2. The highest BCUT2D eigenvalue weighted by Crippen LogP contribution is 2.30. The minimum atomic E-state index is -0.306. The van der Waals surface area contributed by atoms with Gasteiger partial charge in [0.15, 0.2) is 5.82 Å². The minimum absolute atomic E-state index is 0.115. The Morgan fingerprint density at radius 2 is 2.03 bits per heavy atom. The van der Waals surface area contributed by atoms with Gasteiger partial charge in [-0.3, -0.25) is 9.69 Å². The second-order valence-corrected chi connectivity index (χ2v) is 8.71. The SMILES string of the molecule is COc1ccc2cc(C(c3nnnn3CC3CCCO3)N3CCCCCC3)c(=O)[nH]c2c1. The van der Waals surface area contributed by atoms with Crippen LogP contribution in [-0.4, -0.2) is 63.0 Å². The van der Waals surface area contributed by atoms with Crippen molar-refractivity contribution in [1.82, 2.24) is 30.1 Å². The summed E-state index contributed by atoms with van der Waals surface area (Å²) in [5.74, 6) is 1.42. The summed E-state index contributed by atoms with van der Waals surface area (Å²) in [4.78, 5) is 18.8. The van der Waals surface area contributed by atoms with Crippen LogP contribution >= 0.6 is 0 Å². The molecule has 170 valence electrons. The number of fused-ring (bicyclic) bond motifs is 1. The number of nitrogens with one attached hydrogen (secondary N) is 1. The fourth-order valence-corrected chi connectivity index (χ4v) is 4.90. The summed E-state index contributed by atoms with van der Waals surface area (Å²) in [6, 6.07) is 7.41. The van der Waals surface area contributed by atoms with Crippen molar-refractivity contribution in [2.75, 3.05) is 26.8 Å². The third-order valence-corrected chi connectivity index (χ3v) is 6.59. The van der Waals surface area contributed by atoms with Crippen molar-refractivity contribution in [3.05, 3.63) is 46.0 Å². The average molecular weight is 439 g/mol. The van der Waals surface area contributed by atoms with Gasteiger partial charge in [-0.2, -0.15) is 0 Å². The van der Waals surface area contributed by atoms with E-state index in [1.165, 1.54) is 12.8 Å². The summed E-state index contributed by atoms with van der Waals surface area (Å²) < 4.78 is 13.0. The minimum Gasteiger partial charge on any atom is -0.497 e. The van der Waals surface area contributed by atoms with Gasteiger partial charge in [0, 0.05) is 18.2 Å². The summed E-state index contributed by atoms with van der Waals surface area (Å²) >= 11 is 0. The van der Waals surface area contributed by atoms with Gasteiger partial charge >= 0.3 is 0 Å². The number of nitrogens with zero attached hydrogens (tertiary/aromatic N) is 5. The Kier molecular flexibility index (Phi) is 6.18. The first-order chi connectivity index (χ1) is 15.7. The van der Waals surface area contributed by atoms with Crippen LogP contribution in [0.15, 0.2) is 29.1 Å². The molecule has 9 heteroatoms. The van der Waals surface area contributed by atoms with Crippen LogP contribution in [0.5, 0.6) is 5.75 Å². The van der Waals surface area contributed by atoms with Crippen LogP contribution in [0.3, 0.4) is 0 Å². The summed E-state index contributed by atoms with van der Waals surface area (Å²) in [6.07, 6.45) is 6.80. The van der Waals surface area contributed by atoms with Crippen LogP contribution in [-0.2, 0) is 11.3 Å². The summed E-state index contributed by atoms with van der Waals surface area (Å²) in [6.45, 7) is 3.22. The van der Waals surface area contributed by atoms with Gasteiger partial charge in [0.2, 0.25) is 0 Å². The standard InChI is InChI=1S/C23H30N6O3/c1-31-17-9-8-16-13-19(23(30)24-20(16)14-17)21(28-10-4-2-3-5-11-28)22-25-26-27-29(22)15-18-7-6-12-32-18/h8-9,13-14,18,21H,2-7,10-12,15H2,1H3,(H,24,30). The number of aromatic amines is 1. The predicted molar refractivity (Wildman–Crippen MR) is 120 cm³/mol. The van der Waals surface area contributed by atoms with E-state index in [1.54, 1.807) is 7.11 Å². The molecule has 2 saturated heterocycles. The summed E-state index contributed by atoms with van der Waals surface area (Å²) in [7, 11) is 1.62. The summed E-state index contributed by atoms with van der Waals surface area (Å²) in [5, 5.41) is 13.7. The zero-order valence-electron chi connectivity index (χ0n) is 18.5. The number of benzene rings is 1. The maximum atomic E-state index is 13.3. The Labute approximate surface area is 186 Å². The smallest absolute Gasteiger partial charge is 0.253 e. The van der Waals surface area contributed by atoms with Gasteiger partial charge in [0.25, 0.3) is 5.56 Å². The molecule has 0 radical (unpaired) electrons. The monoisotopic (exact) mass is 438 g/mol. The number of H-pyrrole nitrogens is 1. The number of rotatable bonds is 6. The molecule has 2 fully saturated rings. The molecule has 0 spiro atoms. The lowest BCUT2D eigenvalue weighted by Gasteiger charge is -2.30. The van der Waals surface area contributed by atoms with Crippen LogP contribution in [0.25, 0.3) is 10.9 Å². The Bertz CT molecular complexity index is 1110. The largest absolute Gasteiger partial charge is 0.497 e. The van der Waals surface area contributed by atoms with E-state index in [1.807, 2.05) is 28.9 Å². The van der Waals surface area contributed by atoms with E-state index in [4.69, 9.17) is 9.47 Å². The molecule has 2 unspecified atom stereocenters. The molecule has 2 atom stereocenters. The Hall–Kier alpha value is -2.78. The number of hydrogen-bond acceptors (Lipinski definition) is 7. The first kappa shape index (κ1) is 21.1. The fourth-order valence-electron chi connectivity index (χ4n) is 4.90. The van der Waals surface area contributed by atoms with Crippen molar-refractivity contribution >= 4 is 10.9 Å². The maximum Gasteiger partial charge on any atom is 0.253 e. The van der Waals surface area contributed by atoms with E-state index >= 15 is 0 Å². The Morgan fingerprint density at radius 3 is 2.78 bits per heavy atom. The molecule has 3 aromatic rings. The molecular weight excluding hydrogens is 408 g/mol. The average Bonchev–Trinajstić information content (AvgIpc) is 3.41. The van der Waals surface area contributed by atoms with Gasteiger partial charge < -0.3 is 14.5 Å². The molecule has 5 rings (SSSR count). The van der Waals surface area contributed by atoms with E-state index < -0.39 is 0 Å².